The van der Waals surface area contributed by atoms with Crippen molar-refractivity contribution in [3.8, 4) is 16.9 Å². The molecule has 0 aliphatic carbocycles. The molecule has 8 heteroatoms. The highest BCUT2D eigenvalue weighted by atomic mass is 35.5. The summed E-state index contributed by atoms with van der Waals surface area (Å²) in [5, 5.41) is 0.482. The van der Waals surface area contributed by atoms with Crippen molar-refractivity contribution in [2.45, 2.75) is 31.8 Å². The summed E-state index contributed by atoms with van der Waals surface area (Å²) in [7, 11) is 0. The van der Waals surface area contributed by atoms with Gasteiger partial charge >= 0.3 is 0 Å². The molecule has 1 saturated heterocycles. The van der Waals surface area contributed by atoms with E-state index >= 15 is 4.39 Å². The lowest BCUT2D eigenvalue weighted by molar-refractivity contribution is 0.108. The van der Waals surface area contributed by atoms with Gasteiger partial charge in [0, 0.05) is 29.3 Å². The molecule has 3 aromatic rings. The number of fused-ring (bicyclic) bond motifs is 3. The maximum Gasteiger partial charge on any atom is 0.181 e. The Morgan fingerprint density at radius 1 is 1.29 bits per heavy atom. The number of nitrogens with two attached hydrogens (primary N) is 1. The number of nitrogen functional groups attached to an aromatic ring is 1. The molecule has 3 heterocycles. The predicted molar refractivity (Wildman–Crippen MR) is 108 cm³/mol. The lowest BCUT2D eigenvalue weighted by atomic mass is 9.99. The van der Waals surface area contributed by atoms with Crippen LogP contribution in [0.2, 0.25) is 5.02 Å². The topological polar surface area (TPSA) is 51.4 Å². The van der Waals surface area contributed by atoms with Crippen molar-refractivity contribution in [2.24, 2.45) is 0 Å². The summed E-state index contributed by atoms with van der Waals surface area (Å²) in [5.41, 5.74) is 7.41. The van der Waals surface area contributed by atoms with E-state index in [1.54, 1.807) is 6.07 Å². The van der Waals surface area contributed by atoms with Gasteiger partial charge in [0.1, 0.15) is 12.4 Å². The van der Waals surface area contributed by atoms with Crippen LogP contribution in [0.4, 0.5) is 13.9 Å². The molecule has 0 saturated carbocycles. The molecular weight excluding hydrogens is 404 g/mol. The molecule has 0 radical (unpaired) electrons. The number of nitrogens with zero attached hydrogens (tertiary/aromatic N) is 2. The maximum absolute atomic E-state index is 15.6. The van der Waals surface area contributed by atoms with Gasteiger partial charge in [-0.05, 0) is 37.6 Å². The first-order valence-electron chi connectivity index (χ1n) is 9.25. The number of aromatic nitrogens is 1. The predicted octanol–water partition coefficient (Wildman–Crippen LogP) is 5.22. The number of rotatable bonds is 1. The minimum Gasteiger partial charge on any atom is -0.489 e. The van der Waals surface area contributed by atoms with E-state index in [0.717, 1.165) is 42.7 Å². The highest BCUT2D eigenvalue weighted by Crippen LogP contribution is 2.44. The van der Waals surface area contributed by atoms with Gasteiger partial charge in [0.25, 0.3) is 0 Å². The van der Waals surface area contributed by atoms with Gasteiger partial charge in [0.15, 0.2) is 16.7 Å². The second kappa shape index (κ2) is 6.83. The van der Waals surface area contributed by atoms with Gasteiger partial charge in [-0.3, -0.25) is 4.90 Å². The SMILES string of the molecule is Nc1nc2c(-c3c(Cl)cc4c(c3F)OC[C@@H]3CCCCN3C4)ccc(F)c2s1. The van der Waals surface area contributed by atoms with E-state index in [9.17, 15) is 4.39 Å². The third-order valence-electron chi connectivity index (χ3n) is 5.57. The molecule has 28 heavy (non-hydrogen) atoms. The second-order valence-corrected chi connectivity index (χ2v) is 8.73. The van der Waals surface area contributed by atoms with Gasteiger partial charge in [-0.2, -0.15) is 0 Å². The van der Waals surface area contributed by atoms with Crippen LogP contribution in [0.5, 0.6) is 5.75 Å². The van der Waals surface area contributed by atoms with Gasteiger partial charge in [-0.15, -0.1) is 0 Å². The number of hydrogen-bond acceptors (Lipinski definition) is 5. The first-order valence-corrected chi connectivity index (χ1v) is 10.4. The summed E-state index contributed by atoms with van der Waals surface area (Å²) in [5.74, 6) is -0.733. The van der Waals surface area contributed by atoms with Crippen molar-refractivity contribution in [1.29, 1.82) is 0 Å². The Bertz CT molecular complexity index is 1090. The Balaban J connectivity index is 1.67. The minimum absolute atomic E-state index is 0.176. The van der Waals surface area contributed by atoms with Crippen molar-refractivity contribution in [3.05, 3.63) is 40.4 Å². The molecular formula is C20H18ClF2N3OS. The largest absolute Gasteiger partial charge is 0.489 e. The van der Waals surface area contributed by atoms with Crippen molar-refractivity contribution < 1.29 is 13.5 Å². The molecule has 2 aromatic carbocycles. The van der Waals surface area contributed by atoms with E-state index in [4.69, 9.17) is 22.1 Å². The van der Waals surface area contributed by atoms with Gasteiger partial charge in [-0.1, -0.05) is 29.4 Å². The van der Waals surface area contributed by atoms with Gasteiger partial charge < -0.3 is 10.5 Å². The van der Waals surface area contributed by atoms with Crippen LogP contribution in [0.1, 0.15) is 24.8 Å². The molecule has 0 spiro atoms. The molecule has 0 bridgehead atoms. The van der Waals surface area contributed by atoms with Crippen molar-refractivity contribution >= 4 is 38.3 Å². The molecule has 1 aromatic heterocycles. The van der Waals surface area contributed by atoms with E-state index < -0.39 is 11.6 Å². The Morgan fingerprint density at radius 3 is 3.00 bits per heavy atom. The van der Waals surface area contributed by atoms with E-state index in [0.29, 0.717) is 35.0 Å². The highest BCUT2D eigenvalue weighted by Gasteiger charge is 2.31. The first-order chi connectivity index (χ1) is 13.5. The zero-order chi connectivity index (χ0) is 19.4. The monoisotopic (exact) mass is 421 g/mol. The first kappa shape index (κ1) is 18.1. The molecule has 4 nitrogen and oxygen atoms in total. The van der Waals surface area contributed by atoms with Crippen LogP contribution in [0.15, 0.2) is 18.2 Å². The summed E-state index contributed by atoms with van der Waals surface area (Å²) < 4.78 is 36.0. The average molecular weight is 422 g/mol. The van der Waals surface area contributed by atoms with E-state index in [-0.39, 0.29) is 21.5 Å². The number of benzene rings is 2. The summed E-state index contributed by atoms with van der Waals surface area (Å²) in [6.45, 7) is 2.04. The maximum atomic E-state index is 15.6. The Hall–Kier alpha value is -1.96. The number of halogens is 3. The van der Waals surface area contributed by atoms with E-state index in [1.807, 2.05) is 0 Å². The summed E-state index contributed by atoms with van der Waals surface area (Å²) >= 11 is 7.55. The lowest BCUT2D eigenvalue weighted by Crippen LogP contribution is -2.40. The van der Waals surface area contributed by atoms with Crippen molar-refractivity contribution in [3.63, 3.8) is 0 Å². The molecule has 2 aliphatic heterocycles. The molecule has 1 atom stereocenters. The Morgan fingerprint density at radius 2 is 2.14 bits per heavy atom. The number of thiazole rings is 1. The smallest absolute Gasteiger partial charge is 0.181 e. The molecule has 0 unspecified atom stereocenters. The molecule has 2 aliphatic rings. The Labute approximate surface area is 169 Å². The average Bonchev–Trinajstić information content (AvgIpc) is 2.96. The molecule has 146 valence electrons. The number of anilines is 1. The minimum atomic E-state index is -0.526. The van der Waals surface area contributed by atoms with Gasteiger partial charge in [-0.25, -0.2) is 13.8 Å². The van der Waals surface area contributed by atoms with Gasteiger partial charge in [0.2, 0.25) is 0 Å². The van der Waals surface area contributed by atoms with Gasteiger partial charge in [0.05, 0.1) is 15.2 Å². The third-order valence-corrected chi connectivity index (χ3v) is 6.77. The van der Waals surface area contributed by atoms with Crippen molar-refractivity contribution in [2.75, 3.05) is 18.9 Å². The summed E-state index contributed by atoms with van der Waals surface area (Å²) in [6.07, 6.45) is 3.35. The van der Waals surface area contributed by atoms with Crippen molar-refractivity contribution in [1.82, 2.24) is 9.88 Å². The fourth-order valence-corrected chi connectivity index (χ4v) is 5.30. The number of ether oxygens (including phenoxy) is 1. The van der Waals surface area contributed by atoms with Crippen LogP contribution in [0.3, 0.4) is 0 Å². The lowest BCUT2D eigenvalue weighted by Gasteiger charge is -2.33. The fraction of sp³-hybridized carbons (Fsp3) is 0.350. The van der Waals surface area contributed by atoms with E-state index in [1.165, 1.54) is 12.1 Å². The van der Waals surface area contributed by atoms with Crippen LogP contribution in [0, 0.1) is 11.6 Å². The summed E-state index contributed by atoms with van der Waals surface area (Å²) in [6, 6.07) is 4.83. The van der Waals surface area contributed by atoms with Crippen LogP contribution >= 0.6 is 22.9 Å². The van der Waals surface area contributed by atoms with Crippen LogP contribution < -0.4 is 10.5 Å². The number of hydrogen-bond donors (Lipinski definition) is 1. The second-order valence-electron chi connectivity index (χ2n) is 7.29. The Kier molecular flexibility index (Phi) is 4.41. The summed E-state index contributed by atoms with van der Waals surface area (Å²) in [4.78, 5) is 6.54. The van der Waals surface area contributed by atoms with Crippen LogP contribution in [-0.4, -0.2) is 29.1 Å². The standard InChI is InChI=1S/C20H18ClF2N3OS/c21-13-7-10-8-26-6-2-1-3-11(26)9-27-18(10)16(23)15(13)12-4-5-14(22)19-17(12)25-20(24)28-19/h4-5,7,11H,1-3,6,8-9H2,(H2,24,25)/t11-/m0/s1. The highest BCUT2D eigenvalue weighted by molar-refractivity contribution is 7.22. The zero-order valence-electron chi connectivity index (χ0n) is 15.0. The molecule has 0 amide bonds. The van der Waals surface area contributed by atoms with E-state index in [2.05, 4.69) is 9.88 Å². The van der Waals surface area contributed by atoms with Crippen LogP contribution in [0.25, 0.3) is 21.3 Å². The zero-order valence-corrected chi connectivity index (χ0v) is 16.5. The van der Waals surface area contributed by atoms with Crippen LogP contribution in [-0.2, 0) is 6.54 Å². The number of piperidine rings is 1. The quantitative estimate of drug-likeness (QED) is 0.585. The third kappa shape index (κ3) is 2.84. The molecule has 5 rings (SSSR count). The molecule has 2 N–H and O–H groups in total. The normalized spacial score (nSPS) is 19.8. The molecule has 1 fully saturated rings. The fourth-order valence-electron chi connectivity index (χ4n) is 4.22.